The van der Waals surface area contributed by atoms with Crippen molar-refractivity contribution in [2.75, 3.05) is 25.0 Å². The summed E-state index contributed by atoms with van der Waals surface area (Å²) in [5.41, 5.74) is 6.52. The third-order valence-corrected chi connectivity index (χ3v) is 4.85. The fourth-order valence-corrected chi connectivity index (χ4v) is 3.69. The number of fused-ring (bicyclic) bond motifs is 1. The predicted octanol–water partition coefficient (Wildman–Crippen LogP) is 2.46. The van der Waals surface area contributed by atoms with Gasteiger partial charge in [-0.1, -0.05) is 11.6 Å². The van der Waals surface area contributed by atoms with Crippen molar-refractivity contribution < 1.29 is 4.39 Å². The molecule has 2 heterocycles. The minimum absolute atomic E-state index is 0.173. The van der Waals surface area contributed by atoms with Gasteiger partial charge in [0.15, 0.2) is 0 Å². The Hall–Kier alpha value is -0.840. The van der Waals surface area contributed by atoms with Gasteiger partial charge in [0.25, 0.3) is 0 Å². The molecule has 3 nitrogen and oxygen atoms in total. The first-order valence-electron chi connectivity index (χ1n) is 6.82. The zero-order chi connectivity index (χ0) is 13.5. The lowest BCUT2D eigenvalue weighted by molar-refractivity contribution is 0.280. The molecule has 3 rings (SSSR count). The van der Waals surface area contributed by atoms with E-state index in [0.29, 0.717) is 23.3 Å². The van der Waals surface area contributed by atoms with E-state index in [4.69, 9.17) is 17.3 Å². The fourth-order valence-electron chi connectivity index (χ4n) is 3.53. The summed E-state index contributed by atoms with van der Waals surface area (Å²) in [6, 6.07) is 4.86. The van der Waals surface area contributed by atoms with Gasteiger partial charge in [0, 0.05) is 19.1 Å². The van der Waals surface area contributed by atoms with Gasteiger partial charge in [-0.3, -0.25) is 4.90 Å². The zero-order valence-electron chi connectivity index (χ0n) is 10.8. The van der Waals surface area contributed by atoms with Crippen molar-refractivity contribution in [1.29, 1.82) is 0 Å². The monoisotopic (exact) mass is 283 g/mol. The van der Waals surface area contributed by atoms with Crippen LogP contribution in [0.1, 0.15) is 19.3 Å². The highest BCUT2D eigenvalue weighted by atomic mass is 35.5. The summed E-state index contributed by atoms with van der Waals surface area (Å²) in [7, 11) is 0. The van der Waals surface area contributed by atoms with Crippen LogP contribution in [0.25, 0.3) is 0 Å². The normalized spacial score (nSPS) is 30.6. The second kappa shape index (κ2) is 4.93. The second-order valence-corrected chi connectivity index (χ2v) is 5.96. The number of nitrogens with two attached hydrogens (primary N) is 1. The molecule has 5 heteroatoms. The van der Waals surface area contributed by atoms with Gasteiger partial charge in [-0.15, -0.1) is 0 Å². The van der Waals surface area contributed by atoms with E-state index in [2.05, 4.69) is 10.2 Å². The van der Waals surface area contributed by atoms with Crippen LogP contribution in [-0.4, -0.2) is 36.1 Å². The molecule has 2 aliphatic heterocycles. The molecule has 0 radical (unpaired) electrons. The van der Waals surface area contributed by atoms with E-state index in [0.717, 1.165) is 25.9 Å². The molecule has 1 aromatic carbocycles. The lowest BCUT2D eigenvalue weighted by Gasteiger charge is -2.36. The molecular weight excluding hydrogens is 265 g/mol. The van der Waals surface area contributed by atoms with Gasteiger partial charge in [0.05, 0.1) is 16.2 Å². The Morgan fingerprint density at radius 2 is 2.32 bits per heavy atom. The van der Waals surface area contributed by atoms with E-state index in [1.165, 1.54) is 18.6 Å². The average Bonchev–Trinajstić information content (AvgIpc) is 2.98. The highest BCUT2D eigenvalue weighted by Gasteiger charge is 2.48. The molecule has 2 fully saturated rings. The predicted molar refractivity (Wildman–Crippen MR) is 76.0 cm³/mol. The Morgan fingerprint density at radius 3 is 3.11 bits per heavy atom. The van der Waals surface area contributed by atoms with Crippen LogP contribution in [0.15, 0.2) is 18.2 Å². The lowest BCUT2D eigenvalue weighted by atomic mass is 9.88. The smallest absolute Gasteiger partial charge is 0.125 e. The standard InChI is InChI=1S/C14H19ClFN3/c15-11-4-3-10(16)8-12(11)18-14(9-17)5-7-19-6-1-2-13(14)19/h3-4,8,13,18H,1-2,5-7,9,17H2. The molecular formula is C14H19ClFN3. The van der Waals surface area contributed by atoms with Crippen molar-refractivity contribution in [1.82, 2.24) is 4.90 Å². The summed E-state index contributed by atoms with van der Waals surface area (Å²) in [4.78, 5) is 2.48. The quantitative estimate of drug-likeness (QED) is 0.895. The summed E-state index contributed by atoms with van der Waals surface area (Å²) < 4.78 is 13.4. The molecule has 0 aromatic heterocycles. The van der Waals surface area contributed by atoms with E-state index < -0.39 is 0 Å². The summed E-state index contributed by atoms with van der Waals surface area (Å²) in [5.74, 6) is -0.277. The summed E-state index contributed by atoms with van der Waals surface area (Å²) >= 11 is 6.15. The molecule has 1 aromatic rings. The van der Waals surface area contributed by atoms with Gasteiger partial charge in [-0.2, -0.15) is 0 Å². The van der Waals surface area contributed by atoms with Crippen molar-refractivity contribution >= 4 is 17.3 Å². The van der Waals surface area contributed by atoms with E-state index in [-0.39, 0.29) is 11.4 Å². The molecule has 0 saturated carbocycles. The van der Waals surface area contributed by atoms with Crippen LogP contribution < -0.4 is 11.1 Å². The fraction of sp³-hybridized carbons (Fsp3) is 0.571. The van der Waals surface area contributed by atoms with E-state index >= 15 is 0 Å². The Balaban J connectivity index is 1.89. The van der Waals surface area contributed by atoms with E-state index in [9.17, 15) is 4.39 Å². The molecule has 2 aliphatic rings. The highest BCUT2D eigenvalue weighted by Crippen LogP contribution is 2.39. The molecule has 104 valence electrons. The van der Waals surface area contributed by atoms with Gasteiger partial charge in [0.1, 0.15) is 5.82 Å². The summed E-state index contributed by atoms with van der Waals surface area (Å²) in [6.07, 6.45) is 3.35. The number of halogens is 2. The third-order valence-electron chi connectivity index (χ3n) is 4.52. The van der Waals surface area contributed by atoms with Crippen LogP contribution in [0.5, 0.6) is 0 Å². The first-order valence-corrected chi connectivity index (χ1v) is 7.20. The molecule has 3 N–H and O–H groups in total. The van der Waals surface area contributed by atoms with Gasteiger partial charge in [-0.05, 0) is 44.0 Å². The van der Waals surface area contributed by atoms with Gasteiger partial charge < -0.3 is 11.1 Å². The van der Waals surface area contributed by atoms with Crippen LogP contribution in [-0.2, 0) is 0 Å². The molecule has 2 unspecified atom stereocenters. The number of benzene rings is 1. The number of nitrogens with zero attached hydrogens (tertiary/aromatic N) is 1. The van der Waals surface area contributed by atoms with Crippen LogP contribution >= 0.6 is 11.6 Å². The van der Waals surface area contributed by atoms with E-state index in [1.807, 2.05) is 0 Å². The first kappa shape index (κ1) is 13.2. The topological polar surface area (TPSA) is 41.3 Å². The Bertz CT molecular complexity index is 482. The average molecular weight is 284 g/mol. The molecule has 2 saturated heterocycles. The van der Waals surface area contributed by atoms with Gasteiger partial charge >= 0.3 is 0 Å². The largest absolute Gasteiger partial charge is 0.375 e. The molecule has 2 atom stereocenters. The molecule has 0 aliphatic carbocycles. The molecule has 0 bridgehead atoms. The maximum Gasteiger partial charge on any atom is 0.125 e. The van der Waals surface area contributed by atoms with Crippen molar-refractivity contribution in [2.24, 2.45) is 5.73 Å². The van der Waals surface area contributed by atoms with Crippen molar-refractivity contribution in [3.8, 4) is 0 Å². The minimum atomic E-state index is -0.277. The number of rotatable bonds is 3. The summed E-state index contributed by atoms with van der Waals surface area (Å²) in [5, 5.41) is 3.99. The zero-order valence-corrected chi connectivity index (χ0v) is 11.6. The van der Waals surface area contributed by atoms with Crippen LogP contribution in [0.2, 0.25) is 5.02 Å². The van der Waals surface area contributed by atoms with Crippen LogP contribution in [0, 0.1) is 5.82 Å². The van der Waals surface area contributed by atoms with Crippen LogP contribution in [0.3, 0.4) is 0 Å². The number of hydrogen-bond acceptors (Lipinski definition) is 3. The lowest BCUT2D eigenvalue weighted by Crippen LogP contribution is -2.53. The van der Waals surface area contributed by atoms with Crippen molar-refractivity contribution in [2.45, 2.75) is 30.8 Å². The Kier molecular flexibility index (Phi) is 3.41. The van der Waals surface area contributed by atoms with Crippen molar-refractivity contribution in [3.05, 3.63) is 29.0 Å². The van der Waals surface area contributed by atoms with Gasteiger partial charge in [0.2, 0.25) is 0 Å². The number of hydrogen-bond donors (Lipinski definition) is 2. The number of anilines is 1. The maximum atomic E-state index is 13.4. The van der Waals surface area contributed by atoms with E-state index in [1.54, 1.807) is 6.07 Å². The van der Waals surface area contributed by atoms with Gasteiger partial charge in [-0.25, -0.2) is 4.39 Å². The number of nitrogens with one attached hydrogen (secondary N) is 1. The minimum Gasteiger partial charge on any atom is -0.375 e. The Morgan fingerprint density at radius 1 is 1.47 bits per heavy atom. The first-order chi connectivity index (χ1) is 9.14. The molecule has 19 heavy (non-hydrogen) atoms. The highest BCUT2D eigenvalue weighted by molar-refractivity contribution is 6.33. The maximum absolute atomic E-state index is 13.4. The SMILES string of the molecule is NCC1(Nc2cc(F)ccc2Cl)CCN2CCCC21. The summed E-state index contributed by atoms with van der Waals surface area (Å²) in [6.45, 7) is 2.74. The Labute approximate surface area is 117 Å². The van der Waals surface area contributed by atoms with Crippen LogP contribution in [0.4, 0.5) is 10.1 Å². The van der Waals surface area contributed by atoms with Crippen molar-refractivity contribution in [3.63, 3.8) is 0 Å². The molecule has 0 spiro atoms. The third kappa shape index (κ3) is 2.22. The second-order valence-electron chi connectivity index (χ2n) is 5.55. The molecule has 0 amide bonds.